The van der Waals surface area contributed by atoms with Crippen LogP contribution >= 0.6 is 0 Å². The molecule has 10 heteroatoms. The van der Waals surface area contributed by atoms with E-state index in [1.54, 1.807) is 40.1 Å². The van der Waals surface area contributed by atoms with Gasteiger partial charge in [0.05, 0.1) is 0 Å². The summed E-state index contributed by atoms with van der Waals surface area (Å²) >= 11 is 0. The second-order valence-electron chi connectivity index (χ2n) is 8.45. The van der Waals surface area contributed by atoms with Gasteiger partial charge in [-0.2, -0.15) is 0 Å². The van der Waals surface area contributed by atoms with Crippen LogP contribution in [-0.4, -0.2) is 77.6 Å². The number of alkyl carbamates (subject to hydrolysis) is 1. The molecule has 36 heavy (non-hydrogen) atoms. The van der Waals surface area contributed by atoms with Crippen molar-refractivity contribution in [3.05, 3.63) is 65.7 Å². The van der Waals surface area contributed by atoms with Crippen molar-refractivity contribution in [3.8, 4) is 5.75 Å². The number of nitrogens with zero attached hydrogens (tertiary/aromatic N) is 2. The number of amides is 3. The van der Waals surface area contributed by atoms with E-state index in [2.05, 4.69) is 5.32 Å². The van der Waals surface area contributed by atoms with E-state index in [0.29, 0.717) is 31.9 Å². The summed E-state index contributed by atoms with van der Waals surface area (Å²) < 4.78 is 10.7. The molecule has 0 unspecified atom stereocenters. The number of aliphatic carboxylic acids is 1. The third kappa shape index (κ3) is 8.00. The van der Waals surface area contributed by atoms with Crippen LogP contribution in [0.1, 0.15) is 24.0 Å². The van der Waals surface area contributed by atoms with Gasteiger partial charge in [0.2, 0.25) is 5.91 Å². The van der Waals surface area contributed by atoms with Crippen LogP contribution in [-0.2, 0) is 25.7 Å². The number of aryl methyl sites for hydroxylation is 1. The predicted molar refractivity (Wildman–Crippen MR) is 130 cm³/mol. The van der Waals surface area contributed by atoms with Gasteiger partial charge in [0.15, 0.2) is 6.61 Å². The number of hydrogen-bond donors (Lipinski definition) is 2. The molecule has 0 aliphatic carbocycles. The molecule has 10 nitrogen and oxygen atoms in total. The van der Waals surface area contributed by atoms with E-state index in [1.165, 1.54) is 0 Å². The summed E-state index contributed by atoms with van der Waals surface area (Å²) in [5, 5.41) is 11.7. The highest BCUT2D eigenvalue weighted by molar-refractivity contribution is 5.82. The molecule has 192 valence electrons. The number of benzene rings is 2. The predicted octanol–water partition coefficient (Wildman–Crippen LogP) is 2.20. The molecule has 1 heterocycles. The lowest BCUT2D eigenvalue weighted by Gasteiger charge is -2.35. The minimum Gasteiger partial charge on any atom is -0.484 e. The highest BCUT2D eigenvalue weighted by Crippen LogP contribution is 2.16. The smallest absolute Gasteiger partial charge is 0.408 e. The fourth-order valence-electron chi connectivity index (χ4n) is 3.74. The molecule has 0 spiro atoms. The second-order valence-corrected chi connectivity index (χ2v) is 8.45. The molecule has 1 aliphatic heterocycles. The van der Waals surface area contributed by atoms with Crippen LogP contribution < -0.4 is 10.1 Å². The summed E-state index contributed by atoms with van der Waals surface area (Å²) in [5.41, 5.74) is 1.72. The van der Waals surface area contributed by atoms with Crippen LogP contribution in [0, 0.1) is 6.92 Å². The Hall–Kier alpha value is -4.08. The van der Waals surface area contributed by atoms with E-state index < -0.39 is 18.1 Å². The van der Waals surface area contributed by atoms with Gasteiger partial charge in [0, 0.05) is 32.6 Å². The molecule has 0 bridgehead atoms. The normalized spacial score (nSPS) is 14.0. The Balaban J connectivity index is 1.38. The summed E-state index contributed by atoms with van der Waals surface area (Å²) in [7, 11) is 0. The lowest BCUT2D eigenvalue weighted by molar-refractivity contribution is -0.142. The Kier molecular flexibility index (Phi) is 9.67. The molecule has 2 N–H and O–H groups in total. The van der Waals surface area contributed by atoms with Gasteiger partial charge in [-0.05, 0) is 30.5 Å². The average molecular weight is 498 g/mol. The fourth-order valence-corrected chi connectivity index (χ4v) is 3.74. The van der Waals surface area contributed by atoms with Crippen molar-refractivity contribution in [2.75, 3.05) is 32.8 Å². The first-order chi connectivity index (χ1) is 17.3. The zero-order chi connectivity index (χ0) is 25.9. The Labute approximate surface area is 209 Å². The van der Waals surface area contributed by atoms with E-state index in [0.717, 1.165) is 11.1 Å². The molecular weight excluding hydrogens is 466 g/mol. The topological polar surface area (TPSA) is 125 Å². The number of carbonyl (C=O) groups is 4. The third-order valence-electron chi connectivity index (χ3n) is 5.88. The summed E-state index contributed by atoms with van der Waals surface area (Å²) in [6, 6.07) is 15.2. The van der Waals surface area contributed by atoms with E-state index >= 15 is 0 Å². The van der Waals surface area contributed by atoms with Crippen LogP contribution in [0.2, 0.25) is 0 Å². The standard InChI is InChI=1S/C26H31N3O7/c1-19-7-5-6-10-22(19)35-18-24(31)29-15-13-28(14-16-29)23(30)12-11-21(25(32)33)27-26(34)36-17-20-8-3-2-4-9-20/h2-10,21H,11-18H2,1H3,(H,27,34)(H,32,33)/t21-/m0/s1. The van der Waals surface area contributed by atoms with Crippen molar-refractivity contribution in [2.45, 2.75) is 32.4 Å². The Bertz CT molecular complexity index is 1050. The van der Waals surface area contributed by atoms with Gasteiger partial charge < -0.3 is 29.7 Å². The number of nitrogens with one attached hydrogen (secondary N) is 1. The Morgan fingerprint density at radius 3 is 2.17 bits per heavy atom. The van der Waals surface area contributed by atoms with E-state index in [4.69, 9.17) is 9.47 Å². The molecule has 0 saturated carbocycles. The number of rotatable bonds is 10. The molecular formula is C26H31N3O7. The van der Waals surface area contributed by atoms with Crippen LogP contribution in [0.3, 0.4) is 0 Å². The van der Waals surface area contributed by atoms with Gasteiger partial charge in [-0.25, -0.2) is 9.59 Å². The molecule has 0 aromatic heterocycles. The van der Waals surface area contributed by atoms with E-state index in [1.807, 2.05) is 31.2 Å². The molecule has 3 rings (SSSR count). The number of carboxylic acids is 1. The van der Waals surface area contributed by atoms with Crippen molar-refractivity contribution in [3.63, 3.8) is 0 Å². The van der Waals surface area contributed by atoms with E-state index in [-0.39, 0.29) is 37.9 Å². The molecule has 0 radical (unpaired) electrons. The first-order valence-electron chi connectivity index (χ1n) is 11.8. The van der Waals surface area contributed by atoms with Gasteiger partial charge in [-0.1, -0.05) is 48.5 Å². The molecule has 1 aliphatic rings. The van der Waals surface area contributed by atoms with Crippen LogP contribution in [0.4, 0.5) is 4.79 Å². The SMILES string of the molecule is Cc1ccccc1OCC(=O)N1CCN(C(=O)CC[C@H](NC(=O)OCc2ccccc2)C(=O)O)CC1. The van der Waals surface area contributed by atoms with Crippen molar-refractivity contribution in [1.29, 1.82) is 0 Å². The number of para-hydroxylation sites is 1. The third-order valence-corrected chi connectivity index (χ3v) is 5.88. The Morgan fingerprint density at radius 1 is 0.917 bits per heavy atom. The van der Waals surface area contributed by atoms with Crippen LogP contribution in [0.25, 0.3) is 0 Å². The molecule has 1 atom stereocenters. The lowest BCUT2D eigenvalue weighted by Crippen LogP contribution is -2.52. The first kappa shape index (κ1) is 26.5. The summed E-state index contributed by atoms with van der Waals surface area (Å²) in [5.74, 6) is -0.979. The second kappa shape index (κ2) is 13.1. The van der Waals surface area contributed by atoms with Crippen molar-refractivity contribution >= 4 is 23.9 Å². The van der Waals surface area contributed by atoms with Gasteiger partial charge in [-0.3, -0.25) is 9.59 Å². The zero-order valence-corrected chi connectivity index (χ0v) is 20.2. The summed E-state index contributed by atoms with van der Waals surface area (Å²) in [4.78, 5) is 51.9. The van der Waals surface area contributed by atoms with Crippen molar-refractivity contribution in [2.24, 2.45) is 0 Å². The number of carbonyl (C=O) groups excluding carboxylic acids is 3. The molecule has 1 fully saturated rings. The van der Waals surface area contributed by atoms with Gasteiger partial charge in [-0.15, -0.1) is 0 Å². The zero-order valence-electron chi connectivity index (χ0n) is 20.2. The highest BCUT2D eigenvalue weighted by Gasteiger charge is 2.27. The largest absolute Gasteiger partial charge is 0.484 e. The molecule has 2 aromatic rings. The minimum absolute atomic E-state index is 0.0108. The summed E-state index contributed by atoms with van der Waals surface area (Å²) in [6.07, 6.45) is -0.989. The quantitative estimate of drug-likeness (QED) is 0.515. The monoisotopic (exact) mass is 497 g/mol. The van der Waals surface area contributed by atoms with Crippen molar-refractivity contribution in [1.82, 2.24) is 15.1 Å². The van der Waals surface area contributed by atoms with Crippen LogP contribution in [0.15, 0.2) is 54.6 Å². The maximum Gasteiger partial charge on any atom is 0.408 e. The maximum atomic E-state index is 12.6. The average Bonchev–Trinajstić information content (AvgIpc) is 2.89. The number of carboxylic acid groups (broad SMARTS) is 1. The Morgan fingerprint density at radius 2 is 1.53 bits per heavy atom. The van der Waals surface area contributed by atoms with Crippen molar-refractivity contribution < 1.29 is 33.8 Å². The number of piperazine rings is 1. The van der Waals surface area contributed by atoms with Gasteiger partial charge in [0.1, 0.15) is 18.4 Å². The molecule has 2 aromatic carbocycles. The van der Waals surface area contributed by atoms with Gasteiger partial charge >= 0.3 is 12.1 Å². The number of ether oxygens (including phenoxy) is 2. The van der Waals surface area contributed by atoms with E-state index in [9.17, 15) is 24.3 Å². The highest BCUT2D eigenvalue weighted by atomic mass is 16.5. The van der Waals surface area contributed by atoms with Gasteiger partial charge in [0.25, 0.3) is 5.91 Å². The lowest BCUT2D eigenvalue weighted by atomic mass is 10.1. The fraction of sp³-hybridized carbons (Fsp3) is 0.385. The molecule has 1 saturated heterocycles. The maximum absolute atomic E-state index is 12.6. The van der Waals surface area contributed by atoms with Crippen LogP contribution in [0.5, 0.6) is 5.75 Å². The summed E-state index contributed by atoms with van der Waals surface area (Å²) in [6.45, 7) is 3.27. The minimum atomic E-state index is -1.25. The molecule has 3 amide bonds. The number of hydrogen-bond acceptors (Lipinski definition) is 6. The first-order valence-corrected chi connectivity index (χ1v) is 11.8.